The van der Waals surface area contributed by atoms with Crippen molar-refractivity contribution in [3.8, 4) is 39.9 Å². The van der Waals surface area contributed by atoms with Crippen LogP contribution in [-0.2, 0) is 0 Å². The summed E-state index contributed by atoms with van der Waals surface area (Å²) in [5.41, 5.74) is 6.19. The van der Waals surface area contributed by atoms with E-state index in [2.05, 4.69) is 199 Å². The SMILES string of the molecule is c1ccc2cc(-c3nc(-c4ccc5c(ccc6ccccc65)c4)nc(-c4ccc5c(sc6ccccc65)c4-n4c5ccccc5c5cc6ccccc6cc54)n3)ccc2c1. The number of aromatic nitrogens is 4. The Labute approximate surface area is 348 Å². The van der Waals surface area contributed by atoms with E-state index in [4.69, 9.17) is 15.0 Å². The second-order valence-electron chi connectivity index (χ2n) is 15.6. The van der Waals surface area contributed by atoms with Crippen molar-refractivity contribution in [3.05, 3.63) is 194 Å². The minimum absolute atomic E-state index is 0.628. The van der Waals surface area contributed by atoms with Crippen LogP contribution in [0.5, 0.6) is 0 Å². The van der Waals surface area contributed by atoms with Crippen molar-refractivity contribution in [2.24, 2.45) is 0 Å². The van der Waals surface area contributed by atoms with Crippen LogP contribution in [0, 0.1) is 0 Å². The average Bonchev–Trinajstić information content (AvgIpc) is 3.85. The quantitative estimate of drug-likeness (QED) is 0.167. The van der Waals surface area contributed by atoms with Crippen LogP contribution in [0.2, 0.25) is 0 Å². The van der Waals surface area contributed by atoms with Crippen LogP contribution in [0.4, 0.5) is 0 Å². The first-order valence-corrected chi connectivity index (χ1v) is 21.1. The first-order chi connectivity index (χ1) is 29.7. The summed E-state index contributed by atoms with van der Waals surface area (Å²) in [5, 5.41) is 14.4. The lowest BCUT2D eigenvalue weighted by Gasteiger charge is -2.16. The molecular weight excluding hydrogens is 749 g/mol. The predicted molar refractivity (Wildman–Crippen MR) is 253 cm³/mol. The molecule has 5 heteroatoms. The molecule has 0 radical (unpaired) electrons. The molecule has 13 rings (SSSR count). The fourth-order valence-corrected chi connectivity index (χ4v) is 10.5. The molecular formula is C55H32N4S. The number of nitrogens with zero attached hydrogens (tertiary/aromatic N) is 4. The number of fused-ring (bicyclic) bond motifs is 11. The van der Waals surface area contributed by atoms with Gasteiger partial charge >= 0.3 is 0 Å². The number of hydrogen-bond acceptors (Lipinski definition) is 4. The first-order valence-electron chi connectivity index (χ1n) is 20.3. The van der Waals surface area contributed by atoms with E-state index in [0.29, 0.717) is 17.5 Å². The zero-order chi connectivity index (χ0) is 39.3. The van der Waals surface area contributed by atoms with E-state index in [-0.39, 0.29) is 0 Å². The zero-order valence-corrected chi connectivity index (χ0v) is 33.0. The molecule has 0 saturated carbocycles. The van der Waals surface area contributed by atoms with Crippen LogP contribution in [0.15, 0.2) is 194 Å². The van der Waals surface area contributed by atoms with E-state index in [1.54, 1.807) is 0 Å². The molecule has 3 heterocycles. The van der Waals surface area contributed by atoms with Crippen LogP contribution in [0.25, 0.3) is 125 Å². The van der Waals surface area contributed by atoms with E-state index in [1.807, 2.05) is 11.3 Å². The highest BCUT2D eigenvalue weighted by Gasteiger charge is 2.24. The second kappa shape index (κ2) is 12.9. The molecule has 3 aromatic heterocycles. The molecule has 0 aliphatic rings. The smallest absolute Gasteiger partial charge is 0.166 e. The number of benzene rings is 10. The van der Waals surface area contributed by atoms with Gasteiger partial charge in [0, 0.05) is 42.9 Å². The lowest BCUT2D eigenvalue weighted by atomic mass is 10.00. The Balaban J connectivity index is 1.14. The highest BCUT2D eigenvalue weighted by molar-refractivity contribution is 7.26. The molecule has 0 fully saturated rings. The minimum Gasteiger partial charge on any atom is -0.307 e. The monoisotopic (exact) mass is 780 g/mol. The van der Waals surface area contributed by atoms with E-state index in [0.717, 1.165) is 44.2 Å². The molecule has 0 atom stereocenters. The fourth-order valence-electron chi connectivity index (χ4n) is 9.31. The Morgan fingerprint density at radius 2 is 0.883 bits per heavy atom. The van der Waals surface area contributed by atoms with Crippen molar-refractivity contribution in [2.45, 2.75) is 0 Å². The van der Waals surface area contributed by atoms with Gasteiger partial charge in [-0.05, 0) is 85.6 Å². The van der Waals surface area contributed by atoms with Crippen molar-refractivity contribution >= 4 is 96.4 Å². The van der Waals surface area contributed by atoms with Crippen molar-refractivity contribution in [1.82, 2.24) is 19.5 Å². The number of para-hydroxylation sites is 1. The molecule has 0 aliphatic carbocycles. The van der Waals surface area contributed by atoms with Gasteiger partial charge in [-0.3, -0.25) is 0 Å². The van der Waals surface area contributed by atoms with Crippen molar-refractivity contribution < 1.29 is 0 Å². The summed E-state index contributed by atoms with van der Waals surface area (Å²) < 4.78 is 4.90. The normalized spacial score (nSPS) is 12.0. The van der Waals surface area contributed by atoms with Gasteiger partial charge in [0.05, 0.1) is 21.4 Å². The predicted octanol–water partition coefficient (Wildman–Crippen LogP) is 15.0. The maximum absolute atomic E-state index is 5.44. The molecule has 13 aromatic rings. The fraction of sp³-hybridized carbons (Fsp3) is 0. The molecule has 4 nitrogen and oxygen atoms in total. The van der Waals surface area contributed by atoms with Gasteiger partial charge in [-0.1, -0.05) is 152 Å². The molecule has 0 bridgehead atoms. The summed E-state index contributed by atoms with van der Waals surface area (Å²) in [6.07, 6.45) is 0. The van der Waals surface area contributed by atoms with Crippen LogP contribution in [0.3, 0.4) is 0 Å². The number of hydrogen-bond donors (Lipinski definition) is 0. The second-order valence-corrected chi connectivity index (χ2v) is 16.6. The summed E-state index contributed by atoms with van der Waals surface area (Å²) >= 11 is 1.83. The Morgan fingerprint density at radius 1 is 0.333 bits per heavy atom. The third-order valence-corrected chi connectivity index (χ3v) is 13.4. The van der Waals surface area contributed by atoms with E-state index >= 15 is 0 Å². The molecule has 0 amide bonds. The summed E-state index contributed by atoms with van der Waals surface area (Å²) in [7, 11) is 0. The maximum atomic E-state index is 5.44. The third kappa shape index (κ3) is 5.06. The molecule has 0 N–H and O–H groups in total. The van der Waals surface area contributed by atoms with Gasteiger partial charge in [0.2, 0.25) is 0 Å². The van der Waals surface area contributed by atoms with Gasteiger partial charge in [0.25, 0.3) is 0 Å². The van der Waals surface area contributed by atoms with Crippen molar-refractivity contribution in [2.75, 3.05) is 0 Å². The number of rotatable bonds is 4. The standard InChI is InChI=1S/C55H32N4S/c1-2-13-35-29-39(24-21-33(35)11-1)53-56-54(40-25-26-42-38(30-40)23-22-34-12-5-6-16-41(34)42)58-55(57-53)46-28-27-45-44-18-8-10-20-50(44)60-52(45)51(46)59-48-19-9-7-17-43(48)47-31-36-14-3-4-15-37(36)32-49(47)59/h1-32H. The summed E-state index contributed by atoms with van der Waals surface area (Å²) in [6, 6.07) is 69.8. The zero-order valence-electron chi connectivity index (χ0n) is 32.2. The van der Waals surface area contributed by atoms with Gasteiger partial charge in [0.1, 0.15) is 0 Å². The van der Waals surface area contributed by atoms with Gasteiger partial charge in [0.15, 0.2) is 17.5 Å². The summed E-state index contributed by atoms with van der Waals surface area (Å²) in [6.45, 7) is 0. The third-order valence-electron chi connectivity index (χ3n) is 12.2. The molecule has 278 valence electrons. The number of thiophene rings is 1. The molecule has 0 aliphatic heterocycles. The van der Waals surface area contributed by atoms with Crippen LogP contribution in [0.1, 0.15) is 0 Å². The van der Waals surface area contributed by atoms with Crippen LogP contribution < -0.4 is 0 Å². The van der Waals surface area contributed by atoms with Gasteiger partial charge in [-0.15, -0.1) is 11.3 Å². The van der Waals surface area contributed by atoms with Crippen LogP contribution in [-0.4, -0.2) is 19.5 Å². The molecule has 60 heavy (non-hydrogen) atoms. The van der Waals surface area contributed by atoms with Crippen molar-refractivity contribution in [1.29, 1.82) is 0 Å². The Bertz CT molecular complexity index is 3910. The van der Waals surface area contributed by atoms with Gasteiger partial charge in [-0.2, -0.15) is 0 Å². The Morgan fingerprint density at radius 3 is 1.70 bits per heavy atom. The van der Waals surface area contributed by atoms with E-state index in [9.17, 15) is 0 Å². The van der Waals surface area contributed by atoms with Crippen molar-refractivity contribution in [3.63, 3.8) is 0 Å². The molecule has 0 unspecified atom stereocenters. The topological polar surface area (TPSA) is 43.6 Å². The largest absolute Gasteiger partial charge is 0.307 e. The van der Waals surface area contributed by atoms with E-state index < -0.39 is 0 Å². The Hall–Kier alpha value is -7.73. The maximum Gasteiger partial charge on any atom is 0.166 e. The molecule has 0 spiro atoms. The minimum atomic E-state index is 0.628. The van der Waals surface area contributed by atoms with Crippen LogP contribution >= 0.6 is 11.3 Å². The summed E-state index contributed by atoms with van der Waals surface area (Å²) in [4.78, 5) is 16.1. The molecule has 0 saturated heterocycles. The summed E-state index contributed by atoms with van der Waals surface area (Å²) in [5.74, 6) is 1.90. The van der Waals surface area contributed by atoms with E-state index in [1.165, 1.54) is 63.3 Å². The van der Waals surface area contributed by atoms with Gasteiger partial charge < -0.3 is 4.57 Å². The lowest BCUT2D eigenvalue weighted by molar-refractivity contribution is 1.07. The highest BCUT2D eigenvalue weighted by atomic mass is 32.1. The molecule has 10 aromatic carbocycles. The first kappa shape index (κ1) is 33.3. The van der Waals surface area contributed by atoms with Gasteiger partial charge in [-0.25, -0.2) is 15.0 Å². The lowest BCUT2D eigenvalue weighted by Crippen LogP contribution is -2.04. The highest BCUT2D eigenvalue weighted by Crippen LogP contribution is 2.45. The Kier molecular flexibility index (Phi) is 7.14. The average molecular weight is 781 g/mol.